The number of carbonyl (C=O) groups excluding carboxylic acids is 1. The van der Waals surface area contributed by atoms with Gasteiger partial charge in [0.05, 0.1) is 6.54 Å². The van der Waals surface area contributed by atoms with Crippen LogP contribution < -0.4 is 10.6 Å². The second-order valence-electron chi connectivity index (χ2n) is 7.43. The van der Waals surface area contributed by atoms with Gasteiger partial charge in [0, 0.05) is 45.5 Å². The number of nitrogens with zero attached hydrogens (tertiary/aromatic N) is 2. The Bertz CT molecular complexity index is 616. The molecular weight excluding hydrogens is 479 g/mol. The van der Waals surface area contributed by atoms with Crippen LogP contribution >= 0.6 is 24.0 Å². The van der Waals surface area contributed by atoms with Gasteiger partial charge in [0.2, 0.25) is 5.91 Å². The number of amides is 1. The van der Waals surface area contributed by atoms with Gasteiger partial charge in [-0.3, -0.25) is 4.79 Å². The molecule has 1 aromatic rings. The normalized spacial score (nSPS) is 14.8. The highest BCUT2D eigenvalue weighted by Crippen LogP contribution is 2.18. The van der Waals surface area contributed by atoms with E-state index in [-0.39, 0.29) is 29.9 Å². The molecule has 0 atom stereocenters. The molecule has 0 bridgehead atoms. The van der Waals surface area contributed by atoms with Gasteiger partial charge in [0.15, 0.2) is 5.96 Å². The quantitative estimate of drug-likeness (QED) is 0.293. The van der Waals surface area contributed by atoms with Gasteiger partial charge in [0.25, 0.3) is 0 Å². The van der Waals surface area contributed by atoms with E-state index in [4.69, 9.17) is 9.73 Å². The molecule has 0 radical (unpaired) electrons. The fourth-order valence-corrected chi connectivity index (χ4v) is 3.30. The summed E-state index contributed by atoms with van der Waals surface area (Å²) in [5, 5.41) is 6.30. The van der Waals surface area contributed by atoms with Gasteiger partial charge in [-0.2, -0.15) is 0 Å². The number of aliphatic imine (C=N–C) groups is 1. The fraction of sp³-hybridized carbons (Fsp3) is 0.636. The van der Waals surface area contributed by atoms with E-state index in [0.29, 0.717) is 13.0 Å². The molecule has 6 nitrogen and oxygen atoms in total. The number of rotatable bonds is 9. The van der Waals surface area contributed by atoms with Crippen molar-refractivity contribution in [1.29, 1.82) is 0 Å². The van der Waals surface area contributed by atoms with Crippen molar-refractivity contribution >= 4 is 41.5 Å². The van der Waals surface area contributed by atoms with E-state index in [1.54, 1.807) is 0 Å². The molecule has 0 saturated carbocycles. The third kappa shape index (κ3) is 9.80. The Balaban J connectivity index is 0.00000420. The highest BCUT2D eigenvalue weighted by atomic mass is 127. The lowest BCUT2D eigenvalue weighted by Gasteiger charge is -2.26. The summed E-state index contributed by atoms with van der Waals surface area (Å²) in [4.78, 5) is 18.7. The molecule has 0 aliphatic carbocycles. The Kier molecular flexibility index (Phi) is 12.9. The first-order chi connectivity index (χ1) is 13.6. The zero-order valence-corrected chi connectivity index (χ0v) is 20.4. The van der Waals surface area contributed by atoms with Gasteiger partial charge in [-0.15, -0.1) is 24.0 Å². The molecule has 1 heterocycles. The lowest BCUT2D eigenvalue weighted by Crippen LogP contribution is -2.40. The van der Waals surface area contributed by atoms with E-state index in [1.165, 1.54) is 19.3 Å². The van der Waals surface area contributed by atoms with Crippen molar-refractivity contribution in [3.8, 4) is 0 Å². The highest BCUT2D eigenvalue weighted by molar-refractivity contribution is 14.0. The molecule has 29 heavy (non-hydrogen) atoms. The summed E-state index contributed by atoms with van der Waals surface area (Å²) in [5.41, 5.74) is 1.97. The predicted octanol–water partition coefficient (Wildman–Crippen LogP) is 4.26. The first-order valence-electron chi connectivity index (χ1n) is 10.6. The summed E-state index contributed by atoms with van der Waals surface area (Å²) in [6, 6.07) is 7.94. The van der Waals surface area contributed by atoms with Crippen LogP contribution in [0.2, 0.25) is 0 Å². The Morgan fingerprint density at radius 1 is 1.21 bits per heavy atom. The Hall–Kier alpha value is -1.35. The SMILES string of the molecule is CCCC(=O)Nc1ccc(CN=C(NCC)N(C)CCC2CCOCC2)cc1.I. The molecule has 1 fully saturated rings. The van der Waals surface area contributed by atoms with Crippen molar-refractivity contribution in [3.05, 3.63) is 29.8 Å². The number of anilines is 1. The Labute approximate surface area is 192 Å². The first-order valence-corrected chi connectivity index (χ1v) is 10.6. The Morgan fingerprint density at radius 2 is 1.90 bits per heavy atom. The standard InChI is InChI=1S/C22H36N4O2.HI/c1-4-6-21(27)25-20-9-7-19(8-10-20)17-24-22(23-5-2)26(3)14-11-18-12-15-28-16-13-18;/h7-10,18H,4-6,11-17H2,1-3H3,(H,23,24)(H,25,27);1H. The molecule has 164 valence electrons. The molecule has 1 aromatic carbocycles. The van der Waals surface area contributed by atoms with E-state index >= 15 is 0 Å². The van der Waals surface area contributed by atoms with Crippen molar-refractivity contribution in [3.63, 3.8) is 0 Å². The number of nitrogens with one attached hydrogen (secondary N) is 2. The molecule has 0 aromatic heterocycles. The summed E-state index contributed by atoms with van der Waals surface area (Å²) < 4.78 is 5.45. The zero-order valence-electron chi connectivity index (χ0n) is 18.1. The summed E-state index contributed by atoms with van der Waals surface area (Å²) in [6.45, 7) is 8.36. The molecule has 1 saturated heterocycles. The van der Waals surface area contributed by atoms with Crippen molar-refractivity contribution in [2.24, 2.45) is 10.9 Å². The minimum atomic E-state index is 0. The van der Waals surface area contributed by atoms with E-state index in [1.807, 2.05) is 31.2 Å². The maximum Gasteiger partial charge on any atom is 0.224 e. The molecule has 2 rings (SSSR count). The van der Waals surface area contributed by atoms with Crippen LogP contribution in [0.5, 0.6) is 0 Å². The molecule has 0 unspecified atom stereocenters. The van der Waals surface area contributed by atoms with E-state index in [0.717, 1.165) is 55.9 Å². The summed E-state index contributed by atoms with van der Waals surface area (Å²) in [5.74, 6) is 1.76. The molecule has 7 heteroatoms. The van der Waals surface area contributed by atoms with Crippen LogP contribution in [0.25, 0.3) is 0 Å². The lowest BCUT2D eigenvalue weighted by atomic mass is 9.96. The second-order valence-corrected chi connectivity index (χ2v) is 7.43. The number of guanidine groups is 1. The number of ether oxygens (including phenoxy) is 1. The average Bonchev–Trinajstić information content (AvgIpc) is 2.71. The van der Waals surface area contributed by atoms with Gasteiger partial charge < -0.3 is 20.3 Å². The van der Waals surface area contributed by atoms with Crippen LogP contribution in [-0.2, 0) is 16.1 Å². The molecule has 0 spiro atoms. The number of hydrogen-bond donors (Lipinski definition) is 2. The van der Waals surface area contributed by atoms with E-state index in [2.05, 4.69) is 29.5 Å². The van der Waals surface area contributed by atoms with Crippen LogP contribution in [0.4, 0.5) is 5.69 Å². The third-order valence-corrected chi connectivity index (χ3v) is 5.04. The first kappa shape index (κ1) is 25.7. The van der Waals surface area contributed by atoms with Crippen LogP contribution in [0.3, 0.4) is 0 Å². The maximum absolute atomic E-state index is 11.7. The van der Waals surface area contributed by atoms with E-state index < -0.39 is 0 Å². The van der Waals surface area contributed by atoms with Gasteiger partial charge in [-0.25, -0.2) is 4.99 Å². The molecular formula is C22H37IN4O2. The fourth-order valence-electron chi connectivity index (χ4n) is 3.30. The topological polar surface area (TPSA) is 66.0 Å². The van der Waals surface area contributed by atoms with Crippen molar-refractivity contribution in [1.82, 2.24) is 10.2 Å². The van der Waals surface area contributed by atoms with Crippen molar-refractivity contribution in [2.75, 3.05) is 38.7 Å². The summed E-state index contributed by atoms with van der Waals surface area (Å²) in [7, 11) is 2.10. The molecule has 2 N–H and O–H groups in total. The monoisotopic (exact) mass is 516 g/mol. The smallest absolute Gasteiger partial charge is 0.224 e. The Morgan fingerprint density at radius 3 is 2.52 bits per heavy atom. The van der Waals surface area contributed by atoms with E-state index in [9.17, 15) is 4.79 Å². The predicted molar refractivity (Wildman–Crippen MR) is 131 cm³/mol. The van der Waals surface area contributed by atoms with Crippen molar-refractivity contribution < 1.29 is 9.53 Å². The van der Waals surface area contributed by atoms with Crippen molar-refractivity contribution in [2.45, 2.75) is 52.5 Å². The van der Waals surface area contributed by atoms with Gasteiger partial charge in [0.1, 0.15) is 0 Å². The third-order valence-electron chi connectivity index (χ3n) is 5.04. The number of hydrogen-bond acceptors (Lipinski definition) is 3. The number of benzene rings is 1. The van der Waals surface area contributed by atoms with Crippen LogP contribution in [0.1, 0.15) is 51.5 Å². The average molecular weight is 516 g/mol. The minimum Gasteiger partial charge on any atom is -0.381 e. The van der Waals surface area contributed by atoms with Gasteiger partial charge in [-0.05, 0) is 56.2 Å². The molecule has 1 aliphatic heterocycles. The largest absolute Gasteiger partial charge is 0.381 e. The summed E-state index contributed by atoms with van der Waals surface area (Å²) >= 11 is 0. The van der Waals surface area contributed by atoms with Crippen LogP contribution in [0, 0.1) is 5.92 Å². The summed E-state index contributed by atoms with van der Waals surface area (Å²) in [6.07, 6.45) is 4.92. The lowest BCUT2D eigenvalue weighted by molar-refractivity contribution is -0.116. The zero-order chi connectivity index (χ0) is 20.2. The second kappa shape index (κ2) is 14.6. The maximum atomic E-state index is 11.7. The number of halogens is 1. The molecule has 1 aliphatic rings. The number of carbonyl (C=O) groups is 1. The highest BCUT2D eigenvalue weighted by Gasteiger charge is 2.15. The van der Waals surface area contributed by atoms with Gasteiger partial charge in [-0.1, -0.05) is 19.1 Å². The van der Waals surface area contributed by atoms with Crippen LogP contribution in [0.15, 0.2) is 29.3 Å². The molecule has 1 amide bonds. The van der Waals surface area contributed by atoms with Crippen LogP contribution in [-0.4, -0.2) is 50.1 Å². The minimum absolute atomic E-state index is 0. The van der Waals surface area contributed by atoms with Gasteiger partial charge >= 0.3 is 0 Å².